The second kappa shape index (κ2) is 9.00. The van der Waals surface area contributed by atoms with Gasteiger partial charge in [-0.15, -0.1) is 0 Å². The molecule has 9 heteroatoms. The lowest BCUT2D eigenvalue weighted by Crippen LogP contribution is -2.26. The Hall–Kier alpha value is -2.87. The molecular formula is C17H15ClF2N2O4. The van der Waals surface area contributed by atoms with Crippen LogP contribution in [0.4, 0.5) is 13.6 Å². The van der Waals surface area contributed by atoms with Gasteiger partial charge in [0.2, 0.25) is 0 Å². The van der Waals surface area contributed by atoms with Gasteiger partial charge >= 0.3 is 6.09 Å². The second-order valence-corrected chi connectivity index (χ2v) is 5.45. The number of carbonyl (C=O) groups excluding carboxylic acids is 1. The molecule has 0 aliphatic carbocycles. The molecule has 26 heavy (non-hydrogen) atoms. The fraction of sp³-hybridized carbons (Fsp3) is 0.176. The molecule has 0 spiro atoms. The number of oxime groups is 1. The summed E-state index contributed by atoms with van der Waals surface area (Å²) in [5.74, 6) is -1.70. The minimum Gasteiger partial charge on any atom is -0.451 e. The minimum atomic E-state index is -0.954. The van der Waals surface area contributed by atoms with Crippen molar-refractivity contribution in [3.63, 3.8) is 0 Å². The Morgan fingerprint density at radius 1 is 1.19 bits per heavy atom. The van der Waals surface area contributed by atoms with E-state index in [2.05, 4.69) is 9.89 Å². The maximum Gasteiger partial charge on any atom is 0.440 e. The third-order valence-corrected chi connectivity index (χ3v) is 3.51. The van der Waals surface area contributed by atoms with E-state index < -0.39 is 17.7 Å². The van der Waals surface area contributed by atoms with Crippen molar-refractivity contribution in [2.75, 3.05) is 7.11 Å². The molecule has 0 fully saturated rings. The van der Waals surface area contributed by atoms with Crippen LogP contribution < -0.4 is 10.3 Å². The fourth-order valence-corrected chi connectivity index (χ4v) is 1.99. The van der Waals surface area contributed by atoms with Crippen LogP contribution in [-0.4, -0.2) is 18.9 Å². The van der Waals surface area contributed by atoms with Crippen LogP contribution in [0.3, 0.4) is 0 Å². The average molecular weight is 385 g/mol. The summed E-state index contributed by atoms with van der Waals surface area (Å²) in [4.78, 5) is 21.2. The lowest BCUT2D eigenvalue weighted by Gasteiger charge is -2.09. The molecule has 0 aliphatic rings. The molecule has 2 rings (SSSR count). The van der Waals surface area contributed by atoms with Gasteiger partial charge in [-0.3, -0.25) is 0 Å². The standard InChI is InChI=1S/C17H15ClF2N2O4/c1-10(21-25-9-11-3-6-14(19)15(20)7-11)12-4-5-13(18)16(8-12)26-22-17(23)24-2/h3-8H,9H2,1-2H3,(H,22,23). The Kier molecular flexibility index (Phi) is 6.74. The summed E-state index contributed by atoms with van der Waals surface area (Å²) < 4.78 is 30.4. The van der Waals surface area contributed by atoms with E-state index >= 15 is 0 Å². The van der Waals surface area contributed by atoms with Crippen molar-refractivity contribution in [1.82, 2.24) is 5.48 Å². The van der Waals surface area contributed by atoms with Gasteiger partial charge in [0.05, 0.1) is 17.8 Å². The molecule has 0 radical (unpaired) electrons. The number of nitrogens with zero attached hydrogens (tertiary/aromatic N) is 1. The van der Waals surface area contributed by atoms with Gasteiger partial charge in [0.25, 0.3) is 0 Å². The first-order valence-electron chi connectivity index (χ1n) is 7.32. The Morgan fingerprint density at radius 2 is 1.96 bits per heavy atom. The lowest BCUT2D eigenvalue weighted by atomic mass is 10.1. The molecule has 0 saturated carbocycles. The number of halogens is 3. The van der Waals surface area contributed by atoms with Crippen LogP contribution >= 0.6 is 11.6 Å². The molecule has 0 saturated heterocycles. The van der Waals surface area contributed by atoms with Crippen molar-refractivity contribution in [3.8, 4) is 5.75 Å². The van der Waals surface area contributed by atoms with Gasteiger partial charge in [0.1, 0.15) is 6.61 Å². The summed E-state index contributed by atoms with van der Waals surface area (Å²) in [6.07, 6.45) is -0.785. The zero-order valence-electron chi connectivity index (χ0n) is 13.9. The number of hydroxylamine groups is 1. The first kappa shape index (κ1) is 19.5. The maximum absolute atomic E-state index is 13.1. The van der Waals surface area contributed by atoms with Crippen LogP contribution in [-0.2, 0) is 16.2 Å². The molecule has 0 aliphatic heterocycles. The molecule has 0 aromatic heterocycles. The van der Waals surface area contributed by atoms with E-state index in [-0.39, 0.29) is 17.4 Å². The highest BCUT2D eigenvalue weighted by molar-refractivity contribution is 6.32. The number of nitrogens with one attached hydrogen (secondary N) is 1. The average Bonchev–Trinajstić information content (AvgIpc) is 2.63. The predicted molar refractivity (Wildman–Crippen MR) is 91.0 cm³/mol. The maximum atomic E-state index is 13.1. The topological polar surface area (TPSA) is 69.2 Å². The summed E-state index contributed by atoms with van der Waals surface area (Å²) >= 11 is 5.99. The normalized spacial score (nSPS) is 11.0. The highest BCUT2D eigenvalue weighted by atomic mass is 35.5. The Bertz CT molecular complexity index is 830. The highest BCUT2D eigenvalue weighted by Gasteiger charge is 2.09. The van der Waals surface area contributed by atoms with Crippen LogP contribution in [0.15, 0.2) is 41.6 Å². The number of carbonyl (C=O) groups is 1. The van der Waals surface area contributed by atoms with E-state index in [1.165, 1.54) is 19.2 Å². The summed E-state index contributed by atoms with van der Waals surface area (Å²) in [5.41, 5.74) is 3.57. The zero-order valence-corrected chi connectivity index (χ0v) is 14.6. The van der Waals surface area contributed by atoms with Crippen molar-refractivity contribution in [1.29, 1.82) is 0 Å². The lowest BCUT2D eigenvalue weighted by molar-refractivity contribution is 0.118. The van der Waals surface area contributed by atoms with Crippen molar-refractivity contribution in [2.24, 2.45) is 5.16 Å². The number of rotatable bonds is 6. The van der Waals surface area contributed by atoms with Gasteiger partial charge in [0, 0.05) is 5.56 Å². The number of benzene rings is 2. The molecule has 138 valence electrons. The van der Waals surface area contributed by atoms with Gasteiger partial charge in [-0.25, -0.2) is 13.6 Å². The second-order valence-electron chi connectivity index (χ2n) is 5.04. The van der Waals surface area contributed by atoms with Crippen LogP contribution in [0.25, 0.3) is 0 Å². The highest BCUT2D eigenvalue weighted by Crippen LogP contribution is 2.25. The quantitative estimate of drug-likeness (QED) is 0.598. The van der Waals surface area contributed by atoms with Crippen LogP contribution in [0.1, 0.15) is 18.1 Å². The molecule has 0 atom stereocenters. The molecule has 0 unspecified atom stereocenters. The Balaban J connectivity index is 2.03. The number of methoxy groups -OCH3 is 1. The van der Waals surface area contributed by atoms with Gasteiger partial charge in [-0.05, 0) is 36.8 Å². The van der Waals surface area contributed by atoms with Gasteiger partial charge in [-0.1, -0.05) is 28.9 Å². The van der Waals surface area contributed by atoms with E-state index in [0.29, 0.717) is 16.8 Å². The SMILES string of the molecule is COC(=O)NOc1cc(C(C)=NOCc2ccc(F)c(F)c2)ccc1Cl. The molecule has 6 nitrogen and oxygen atoms in total. The fourth-order valence-electron chi connectivity index (χ4n) is 1.83. The number of hydrogen-bond acceptors (Lipinski definition) is 5. The largest absolute Gasteiger partial charge is 0.451 e. The van der Waals surface area contributed by atoms with Crippen molar-refractivity contribution >= 4 is 23.4 Å². The van der Waals surface area contributed by atoms with E-state index in [4.69, 9.17) is 21.3 Å². The van der Waals surface area contributed by atoms with E-state index in [9.17, 15) is 13.6 Å². The summed E-state index contributed by atoms with van der Waals surface area (Å²) in [5, 5.41) is 4.18. The molecular weight excluding hydrogens is 370 g/mol. The monoisotopic (exact) mass is 384 g/mol. The van der Waals surface area contributed by atoms with E-state index in [0.717, 1.165) is 12.1 Å². The van der Waals surface area contributed by atoms with E-state index in [1.54, 1.807) is 19.1 Å². The molecule has 2 aromatic carbocycles. The van der Waals surface area contributed by atoms with Crippen molar-refractivity contribution < 1.29 is 28.0 Å². The molecule has 0 bridgehead atoms. The molecule has 0 heterocycles. The number of hydrogen-bond donors (Lipinski definition) is 1. The third kappa shape index (κ3) is 5.32. The Morgan fingerprint density at radius 3 is 2.65 bits per heavy atom. The van der Waals surface area contributed by atoms with Crippen LogP contribution in [0, 0.1) is 11.6 Å². The summed E-state index contributed by atoms with van der Waals surface area (Å²) in [6.45, 7) is 1.64. The van der Waals surface area contributed by atoms with Gasteiger partial charge in [0.15, 0.2) is 17.4 Å². The summed E-state index contributed by atoms with van der Waals surface area (Å²) in [7, 11) is 1.19. The van der Waals surface area contributed by atoms with Gasteiger partial charge in [-0.2, -0.15) is 5.48 Å². The number of amides is 1. The smallest absolute Gasteiger partial charge is 0.440 e. The van der Waals surface area contributed by atoms with Crippen molar-refractivity contribution in [2.45, 2.75) is 13.5 Å². The number of ether oxygens (including phenoxy) is 1. The van der Waals surface area contributed by atoms with Crippen molar-refractivity contribution in [3.05, 3.63) is 64.2 Å². The first-order chi connectivity index (χ1) is 12.4. The first-order valence-corrected chi connectivity index (χ1v) is 7.69. The Labute approximate surface area is 153 Å². The molecule has 2 aromatic rings. The third-order valence-electron chi connectivity index (χ3n) is 3.20. The minimum absolute atomic E-state index is 0.0324. The molecule has 1 N–H and O–H groups in total. The van der Waals surface area contributed by atoms with Crippen LogP contribution in [0.2, 0.25) is 5.02 Å². The van der Waals surface area contributed by atoms with Gasteiger partial charge < -0.3 is 14.4 Å². The molecule has 1 amide bonds. The van der Waals surface area contributed by atoms with E-state index in [1.807, 2.05) is 5.48 Å². The van der Waals surface area contributed by atoms with Crippen LogP contribution in [0.5, 0.6) is 5.75 Å². The summed E-state index contributed by atoms with van der Waals surface area (Å²) in [6, 6.07) is 8.22. The zero-order chi connectivity index (χ0) is 19.1. The predicted octanol–water partition coefficient (Wildman–Crippen LogP) is 4.21.